The number of carbonyl (C=O) groups is 2. The van der Waals surface area contributed by atoms with Gasteiger partial charge < -0.3 is 19.6 Å². The Labute approximate surface area is 174 Å². The first-order valence-electron chi connectivity index (χ1n) is 9.88. The molecule has 0 saturated carbocycles. The first-order chi connectivity index (χ1) is 14.0. The van der Waals surface area contributed by atoms with E-state index in [0.29, 0.717) is 5.92 Å². The maximum Gasteiger partial charge on any atom is 0.490 e. The number of aliphatic carboxylic acids is 1. The van der Waals surface area contributed by atoms with E-state index in [2.05, 4.69) is 31.0 Å². The lowest BCUT2D eigenvalue weighted by molar-refractivity contribution is -0.192. The lowest BCUT2D eigenvalue weighted by Crippen LogP contribution is -2.38. The van der Waals surface area contributed by atoms with E-state index in [4.69, 9.17) is 14.6 Å². The van der Waals surface area contributed by atoms with E-state index in [1.807, 2.05) is 17.0 Å². The smallest absolute Gasteiger partial charge is 0.475 e. The molecular formula is C21H29F3N2O4. The third kappa shape index (κ3) is 5.72. The first-order valence-corrected chi connectivity index (χ1v) is 9.88. The maximum atomic E-state index is 12.8. The van der Waals surface area contributed by atoms with Gasteiger partial charge in [-0.1, -0.05) is 19.1 Å². The zero-order chi connectivity index (χ0) is 22.5. The molecule has 6 nitrogen and oxygen atoms in total. The minimum Gasteiger partial charge on any atom is -0.475 e. The fourth-order valence-electron chi connectivity index (χ4n) is 4.33. The zero-order valence-electron chi connectivity index (χ0n) is 17.5. The van der Waals surface area contributed by atoms with Crippen LogP contribution in [0.4, 0.5) is 13.2 Å². The molecule has 1 aromatic carbocycles. The molecule has 1 N–H and O–H groups in total. The van der Waals surface area contributed by atoms with Gasteiger partial charge in [0.15, 0.2) is 0 Å². The van der Waals surface area contributed by atoms with Gasteiger partial charge in [-0.3, -0.25) is 4.79 Å². The second-order valence-electron chi connectivity index (χ2n) is 8.04. The number of methoxy groups -OCH3 is 1. The normalized spacial score (nSPS) is 24.1. The highest BCUT2D eigenvalue weighted by molar-refractivity contribution is 5.94. The molecule has 2 saturated heterocycles. The van der Waals surface area contributed by atoms with Crippen molar-refractivity contribution >= 4 is 11.9 Å². The Hall–Kier alpha value is -2.13. The third-order valence-electron chi connectivity index (χ3n) is 5.87. The van der Waals surface area contributed by atoms with Crippen LogP contribution in [0.3, 0.4) is 0 Å². The van der Waals surface area contributed by atoms with E-state index >= 15 is 0 Å². The van der Waals surface area contributed by atoms with E-state index in [0.717, 1.165) is 51.2 Å². The summed E-state index contributed by atoms with van der Waals surface area (Å²) >= 11 is 0. The molecule has 1 amide bonds. The van der Waals surface area contributed by atoms with E-state index in [-0.39, 0.29) is 11.3 Å². The molecule has 1 aromatic rings. The predicted octanol–water partition coefficient (Wildman–Crippen LogP) is 2.92. The van der Waals surface area contributed by atoms with Crippen LogP contribution in [0.15, 0.2) is 24.3 Å². The van der Waals surface area contributed by atoms with Crippen LogP contribution >= 0.6 is 0 Å². The predicted molar refractivity (Wildman–Crippen MR) is 105 cm³/mol. The molecule has 3 rings (SSSR count). The third-order valence-corrected chi connectivity index (χ3v) is 5.87. The van der Waals surface area contributed by atoms with Gasteiger partial charge in [-0.05, 0) is 37.6 Å². The lowest BCUT2D eigenvalue weighted by atomic mass is 9.77. The average Bonchev–Trinajstić information content (AvgIpc) is 3.24. The van der Waals surface area contributed by atoms with Gasteiger partial charge in [0.2, 0.25) is 0 Å². The van der Waals surface area contributed by atoms with Crippen molar-refractivity contribution in [3.8, 4) is 0 Å². The number of rotatable bonds is 4. The number of alkyl halides is 3. The highest BCUT2D eigenvalue weighted by atomic mass is 19.4. The number of ether oxygens (including phenoxy) is 1. The number of nitrogens with zero attached hydrogens (tertiary/aromatic N) is 2. The first kappa shape index (κ1) is 24.1. The standard InChI is InChI=1S/C19H28N2O2.C2HF3O2/c1-4-15-5-7-16(8-6-15)18(22)21-10-9-19(14-21)13-20(2)11-17(19)12-23-3;3-2(4,5)1(6)7/h5-8,17H,4,9-14H2,1-3H3;(H,6,7)/t17-,19-;/m1./s1. The van der Waals surface area contributed by atoms with E-state index < -0.39 is 12.1 Å². The van der Waals surface area contributed by atoms with Crippen molar-refractivity contribution in [2.45, 2.75) is 25.9 Å². The van der Waals surface area contributed by atoms with Gasteiger partial charge >= 0.3 is 12.1 Å². The molecule has 2 aliphatic rings. The summed E-state index contributed by atoms with van der Waals surface area (Å²) < 4.78 is 37.2. The van der Waals surface area contributed by atoms with Gasteiger partial charge in [-0.25, -0.2) is 4.79 Å². The van der Waals surface area contributed by atoms with Crippen molar-refractivity contribution in [1.82, 2.24) is 9.80 Å². The Morgan fingerprint density at radius 2 is 1.83 bits per heavy atom. The number of aryl methyl sites for hydroxylation is 1. The Morgan fingerprint density at radius 3 is 2.33 bits per heavy atom. The van der Waals surface area contributed by atoms with Gasteiger partial charge in [0, 0.05) is 50.2 Å². The van der Waals surface area contributed by atoms with Crippen LogP contribution < -0.4 is 0 Å². The highest BCUT2D eigenvalue weighted by Crippen LogP contribution is 2.43. The number of likely N-dealkylation sites (tertiary alicyclic amines) is 2. The van der Waals surface area contributed by atoms with Crippen molar-refractivity contribution in [1.29, 1.82) is 0 Å². The molecule has 0 aromatic heterocycles. The van der Waals surface area contributed by atoms with Crippen LogP contribution in [0.2, 0.25) is 0 Å². The molecule has 0 bridgehead atoms. The zero-order valence-corrected chi connectivity index (χ0v) is 17.5. The molecule has 2 fully saturated rings. The Bertz CT molecular complexity index is 739. The van der Waals surface area contributed by atoms with Crippen LogP contribution in [0.5, 0.6) is 0 Å². The van der Waals surface area contributed by atoms with Crippen molar-refractivity contribution in [2.75, 3.05) is 46.9 Å². The summed E-state index contributed by atoms with van der Waals surface area (Å²) in [4.78, 5) is 26.1. The van der Waals surface area contributed by atoms with Crippen LogP contribution in [-0.2, 0) is 16.0 Å². The van der Waals surface area contributed by atoms with Crippen LogP contribution in [0.25, 0.3) is 0 Å². The molecule has 30 heavy (non-hydrogen) atoms. The lowest BCUT2D eigenvalue weighted by Gasteiger charge is -2.30. The minimum absolute atomic E-state index is 0.176. The molecule has 0 aliphatic carbocycles. The summed E-state index contributed by atoms with van der Waals surface area (Å²) in [7, 11) is 3.95. The Morgan fingerprint density at radius 1 is 1.23 bits per heavy atom. The quantitative estimate of drug-likeness (QED) is 0.796. The van der Waals surface area contributed by atoms with Crippen LogP contribution in [-0.4, -0.2) is 79.9 Å². The number of hydrogen-bond donors (Lipinski definition) is 1. The number of carbonyl (C=O) groups excluding carboxylic acids is 1. The molecule has 2 atom stereocenters. The molecule has 9 heteroatoms. The Balaban J connectivity index is 0.000000396. The topological polar surface area (TPSA) is 70.1 Å². The van der Waals surface area contributed by atoms with Crippen LogP contribution in [0, 0.1) is 11.3 Å². The summed E-state index contributed by atoms with van der Waals surface area (Å²) in [5, 5.41) is 7.12. The second-order valence-corrected chi connectivity index (χ2v) is 8.04. The van der Waals surface area contributed by atoms with Crippen molar-refractivity contribution < 1.29 is 32.6 Å². The van der Waals surface area contributed by atoms with E-state index in [9.17, 15) is 18.0 Å². The van der Waals surface area contributed by atoms with Crippen molar-refractivity contribution in [2.24, 2.45) is 11.3 Å². The molecule has 0 radical (unpaired) electrons. The number of carboxylic acid groups (broad SMARTS) is 1. The maximum absolute atomic E-state index is 12.8. The summed E-state index contributed by atoms with van der Waals surface area (Å²) in [6.07, 6.45) is -2.99. The van der Waals surface area contributed by atoms with E-state index in [1.165, 1.54) is 5.56 Å². The molecule has 168 valence electrons. The van der Waals surface area contributed by atoms with Gasteiger partial charge in [-0.15, -0.1) is 0 Å². The second kappa shape index (κ2) is 9.78. The van der Waals surface area contributed by atoms with Crippen molar-refractivity contribution in [3.05, 3.63) is 35.4 Å². The summed E-state index contributed by atoms with van der Waals surface area (Å²) in [5.74, 6) is -2.06. The molecule has 2 heterocycles. The van der Waals surface area contributed by atoms with Gasteiger partial charge in [0.1, 0.15) is 0 Å². The number of halogens is 3. The number of benzene rings is 1. The molecular weight excluding hydrogens is 401 g/mol. The highest BCUT2D eigenvalue weighted by Gasteiger charge is 2.50. The van der Waals surface area contributed by atoms with Gasteiger partial charge in [-0.2, -0.15) is 13.2 Å². The van der Waals surface area contributed by atoms with Gasteiger partial charge in [0.25, 0.3) is 5.91 Å². The van der Waals surface area contributed by atoms with Crippen molar-refractivity contribution in [3.63, 3.8) is 0 Å². The minimum atomic E-state index is -5.08. The monoisotopic (exact) mass is 430 g/mol. The summed E-state index contributed by atoms with van der Waals surface area (Å²) in [6.45, 7) is 6.79. The molecule has 0 unspecified atom stereocenters. The van der Waals surface area contributed by atoms with Gasteiger partial charge in [0.05, 0.1) is 6.61 Å². The molecule has 2 aliphatic heterocycles. The van der Waals surface area contributed by atoms with E-state index in [1.54, 1.807) is 7.11 Å². The fourth-order valence-corrected chi connectivity index (χ4v) is 4.33. The summed E-state index contributed by atoms with van der Waals surface area (Å²) in [5.41, 5.74) is 2.30. The van der Waals surface area contributed by atoms with Crippen LogP contribution in [0.1, 0.15) is 29.3 Å². The Kier molecular flexibility index (Phi) is 7.87. The average molecular weight is 430 g/mol. The number of amides is 1. The SMILES string of the molecule is CCc1ccc(C(=O)N2CC[C@@]3(CN(C)C[C@@H]3COC)C2)cc1.O=C(O)C(F)(F)F. The fraction of sp³-hybridized carbons (Fsp3) is 0.619. The summed E-state index contributed by atoms with van der Waals surface area (Å²) in [6, 6.07) is 8.07. The number of carboxylic acids is 1. The molecule has 1 spiro atoms. The number of hydrogen-bond acceptors (Lipinski definition) is 4. The largest absolute Gasteiger partial charge is 0.490 e.